The van der Waals surface area contributed by atoms with Gasteiger partial charge in [0.2, 0.25) is 0 Å². The van der Waals surface area contributed by atoms with Crippen LogP contribution in [0.15, 0.2) is 142 Å². The molecule has 0 bridgehead atoms. The summed E-state index contributed by atoms with van der Waals surface area (Å²) in [5.74, 6) is -6.13. The Kier molecular flexibility index (Phi) is 41.6. The topological polar surface area (TPSA) is 387 Å². The van der Waals surface area contributed by atoms with Gasteiger partial charge >= 0.3 is 36.1 Å². The van der Waals surface area contributed by atoms with E-state index >= 15 is 0 Å². The fourth-order valence-corrected chi connectivity index (χ4v) is 10.0. The van der Waals surface area contributed by atoms with Crippen LogP contribution in [0, 0.1) is 23.7 Å². The van der Waals surface area contributed by atoms with Crippen LogP contribution in [-0.4, -0.2) is 155 Å². The highest BCUT2D eigenvalue weighted by atomic mass is 79.9. The fraction of sp³-hybridized carbons (Fsp3) is 0.515. The van der Waals surface area contributed by atoms with Gasteiger partial charge in [0.25, 0.3) is 0 Å². The number of esters is 2. The monoisotopic (exact) mass is 1420 g/mol. The molecular weight excluding hydrogens is 1340 g/mol. The molecule has 25 heteroatoms. The number of Topliss-reactive ketones (excluding diaryl/α,β-unsaturated/α-hetero) is 2. The second kappa shape index (κ2) is 45.8. The average Bonchev–Trinajstić information content (AvgIpc) is 2.23. The third kappa shape index (κ3) is 36.5. The Bertz CT molecular complexity index is 2750. The predicted molar refractivity (Wildman–Crippen MR) is 351 cm³/mol. The Balaban J connectivity index is 0.000000910. The lowest BCUT2D eigenvalue weighted by molar-refractivity contribution is -0.159. The number of aliphatic carboxylic acids is 2. The molecule has 2 aliphatic rings. The van der Waals surface area contributed by atoms with Gasteiger partial charge in [0, 0.05) is 77.9 Å². The van der Waals surface area contributed by atoms with E-state index in [1.807, 2.05) is 39.8 Å². The number of aliphatic hydroxyl groups is 6. The van der Waals surface area contributed by atoms with Crippen LogP contribution in [0.25, 0.3) is 0 Å². The quantitative estimate of drug-likeness (QED) is 0.00697. The van der Waals surface area contributed by atoms with Crippen molar-refractivity contribution in [2.75, 3.05) is 0 Å². The number of alkyl halides is 1. The SMILES string of the molecule is CC/C=C/[C@@H](OC(N)=O)[C@@H](Cl)[C@H](O)CC(=O)C[C@H](O)[C@H](C)/C(Br)=C/C=C/C=C(C)/C=C/C=C/C(=O)O[C@@H]1C[C@@H](C(=O)O)CC[C@@H]1O.CC/C=C/[C@H](C[C@H](O)CC(=O)C[C@H](O)[C@H](C)/C(Br)=C/C=C/C=C(C)/C=C/C=C/C(=O)O[C@@H]1C[C@@H](C(=O)O)CC[C@@H]1O)OC(N)=O. The lowest BCUT2D eigenvalue weighted by atomic mass is 9.85. The molecule has 0 aliphatic heterocycles. The van der Waals surface area contributed by atoms with Crippen LogP contribution >= 0.6 is 43.5 Å². The number of carboxylic acid groups (broad SMARTS) is 2. The molecule has 22 nitrogen and oxygen atoms in total. The Labute approximate surface area is 554 Å². The van der Waals surface area contributed by atoms with E-state index in [9.17, 15) is 69.0 Å². The molecular formula is C66H91Br2ClN2O20. The number of rotatable bonds is 36. The number of amides is 2. The number of carbonyl (C=O) groups excluding carboxylic acids is 6. The number of carbonyl (C=O) groups is 8. The summed E-state index contributed by atoms with van der Waals surface area (Å²) in [7, 11) is 0. The van der Waals surface area contributed by atoms with Crippen molar-refractivity contribution in [3.05, 3.63) is 142 Å². The summed E-state index contributed by atoms with van der Waals surface area (Å²) >= 11 is 13.1. The van der Waals surface area contributed by atoms with Crippen LogP contribution in [0.5, 0.6) is 0 Å². The Morgan fingerprint density at radius 2 is 0.934 bits per heavy atom. The minimum absolute atomic E-state index is 0.0120. The summed E-state index contributed by atoms with van der Waals surface area (Å²) in [6, 6.07) is 0. The van der Waals surface area contributed by atoms with Crippen LogP contribution in [0.3, 0.4) is 0 Å². The number of ether oxygens (including phenoxy) is 4. The zero-order valence-corrected chi connectivity index (χ0v) is 56.1. The highest BCUT2D eigenvalue weighted by Gasteiger charge is 2.37. The van der Waals surface area contributed by atoms with E-state index in [0.29, 0.717) is 34.6 Å². The van der Waals surface area contributed by atoms with Gasteiger partial charge in [0.05, 0.1) is 48.5 Å². The van der Waals surface area contributed by atoms with Gasteiger partial charge in [0.15, 0.2) is 0 Å². The smallest absolute Gasteiger partial charge is 0.405 e. The molecule has 2 aliphatic carbocycles. The van der Waals surface area contributed by atoms with E-state index in [1.165, 1.54) is 30.4 Å². The lowest BCUT2D eigenvalue weighted by Crippen LogP contribution is -2.39. The molecule has 91 heavy (non-hydrogen) atoms. The first kappa shape index (κ1) is 82.7. The van der Waals surface area contributed by atoms with Crippen LogP contribution in [0.4, 0.5) is 9.59 Å². The number of allylic oxidation sites excluding steroid dienone is 18. The maximum atomic E-state index is 12.5. The van der Waals surface area contributed by atoms with Crippen molar-refractivity contribution in [3.63, 3.8) is 0 Å². The van der Waals surface area contributed by atoms with Gasteiger partial charge < -0.3 is 71.3 Å². The van der Waals surface area contributed by atoms with E-state index in [1.54, 1.807) is 92.8 Å². The van der Waals surface area contributed by atoms with E-state index < -0.39 is 132 Å². The molecule has 0 aromatic rings. The molecule has 0 spiro atoms. The number of ketones is 2. The molecule has 15 atom stereocenters. The summed E-state index contributed by atoms with van der Waals surface area (Å²) in [5, 5.41) is 79.0. The van der Waals surface area contributed by atoms with Gasteiger partial charge in [-0.05, 0) is 64.5 Å². The zero-order valence-electron chi connectivity index (χ0n) is 52.2. The van der Waals surface area contributed by atoms with Crippen molar-refractivity contribution in [2.45, 2.75) is 191 Å². The van der Waals surface area contributed by atoms with Crippen molar-refractivity contribution in [3.8, 4) is 0 Å². The summed E-state index contributed by atoms with van der Waals surface area (Å²) in [5.41, 5.74) is 11.9. The molecule has 0 heterocycles. The molecule has 0 saturated heterocycles. The highest BCUT2D eigenvalue weighted by Crippen LogP contribution is 2.30. The number of hydrogen-bond donors (Lipinski definition) is 10. The first-order valence-electron chi connectivity index (χ1n) is 29.9. The Morgan fingerprint density at radius 1 is 0.549 bits per heavy atom. The highest BCUT2D eigenvalue weighted by molar-refractivity contribution is 9.12. The Hall–Kier alpha value is -6.35. The van der Waals surface area contributed by atoms with Gasteiger partial charge in [-0.2, -0.15) is 0 Å². The third-order valence-corrected chi connectivity index (χ3v) is 16.8. The van der Waals surface area contributed by atoms with Crippen molar-refractivity contribution >= 4 is 91.1 Å². The minimum Gasteiger partial charge on any atom is -0.481 e. The van der Waals surface area contributed by atoms with Gasteiger partial charge in [-0.1, -0.05) is 168 Å². The van der Waals surface area contributed by atoms with Gasteiger partial charge in [0.1, 0.15) is 41.4 Å². The van der Waals surface area contributed by atoms with Crippen LogP contribution in [0.2, 0.25) is 0 Å². The molecule has 2 fully saturated rings. The molecule has 12 N–H and O–H groups in total. The molecule has 2 amide bonds. The number of hydrogen-bond acceptors (Lipinski definition) is 18. The summed E-state index contributed by atoms with van der Waals surface area (Å²) < 4.78 is 21.6. The Morgan fingerprint density at radius 3 is 1.34 bits per heavy atom. The zero-order chi connectivity index (χ0) is 68.8. The predicted octanol–water partition coefficient (Wildman–Crippen LogP) is 9.35. The number of aliphatic hydroxyl groups excluding tert-OH is 6. The molecule has 0 radical (unpaired) electrons. The van der Waals surface area contributed by atoms with Gasteiger partial charge in [-0.25, -0.2) is 19.2 Å². The average molecular weight is 1430 g/mol. The first-order chi connectivity index (χ1) is 42.9. The normalized spacial score (nSPS) is 22.8. The molecule has 506 valence electrons. The second-order valence-corrected chi connectivity index (χ2v) is 24.3. The van der Waals surface area contributed by atoms with Gasteiger partial charge in [-0.3, -0.25) is 19.2 Å². The van der Waals surface area contributed by atoms with E-state index in [0.717, 1.165) is 11.1 Å². The van der Waals surface area contributed by atoms with E-state index in [2.05, 4.69) is 31.9 Å². The van der Waals surface area contributed by atoms with Crippen LogP contribution in [0.1, 0.15) is 125 Å². The van der Waals surface area contributed by atoms with E-state index in [4.69, 9.17) is 52.2 Å². The van der Waals surface area contributed by atoms with Gasteiger partial charge in [-0.15, -0.1) is 11.6 Å². The number of halogens is 3. The number of primary amides is 2. The number of nitrogens with two attached hydrogens (primary N) is 2. The lowest BCUT2D eigenvalue weighted by Gasteiger charge is -2.30. The van der Waals surface area contributed by atoms with Crippen molar-refractivity contribution in [1.29, 1.82) is 0 Å². The molecule has 0 aromatic heterocycles. The third-order valence-electron chi connectivity index (χ3n) is 14.3. The minimum atomic E-state index is -1.33. The molecule has 0 aromatic carbocycles. The number of carboxylic acids is 2. The molecule has 2 rings (SSSR count). The fourth-order valence-electron chi connectivity index (χ4n) is 8.86. The standard InChI is InChI=1S/C33H45BrClNO10.C33H46BrNO10/c1-4-5-13-28(46-33(36)44)31(35)27(40)19-23(37)18-26(39)21(3)24(34)12-8-6-10-20(2)11-7-9-14-30(41)45-29-17-22(32(42)43)15-16-25(29)38;1-4-5-12-26(44-33(35)43)19-24(36)18-25(37)20-29(39)22(3)27(34)13-8-6-10-21(2)11-7-9-14-31(40)45-30-17-23(32(41)42)15-16-28(30)38/h5-14,21-22,25-29,31,38-40H,4,15-19H2,1-3H3,(H2,36,44)(H,42,43);5-14,22-24,26,28-30,36,38-39H,4,15-20H2,1-3H3,(H2,35,43)(H,41,42)/b8-6+,11-7+,13-5+,14-9+,20-10+,24-12-;8-6+,11-7+,12-5+,14-9+,21-10+,27-13-/t21-,22+,25+,26+,27-,28-,29-,31+;22-,23+,24-,26-,28+,29+,30-/m11/s1. The molecule has 0 unspecified atom stereocenters. The summed E-state index contributed by atoms with van der Waals surface area (Å²) in [6.45, 7) is 11.0. The second-order valence-electron chi connectivity index (χ2n) is 22.0. The maximum absolute atomic E-state index is 12.5. The van der Waals surface area contributed by atoms with Crippen LogP contribution < -0.4 is 11.5 Å². The summed E-state index contributed by atoms with van der Waals surface area (Å²) in [4.78, 5) is 93.7. The largest absolute Gasteiger partial charge is 0.481 e. The van der Waals surface area contributed by atoms with Crippen molar-refractivity contribution in [2.24, 2.45) is 35.1 Å². The van der Waals surface area contributed by atoms with E-state index in [-0.39, 0.29) is 63.6 Å². The van der Waals surface area contributed by atoms with Crippen molar-refractivity contribution < 1.29 is 98.2 Å². The summed E-state index contributed by atoms with van der Waals surface area (Å²) in [6.07, 6.45) is 23.0. The molecule has 2 saturated carbocycles. The maximum Gasteiger partial charge on any atom is 0.405 e. The first-order valence-corrected chi connectivity index (χ1v) is 31.9. The van der Waals surface area contributed by atoms with Crippen LogP contribution in [-0.2, 0) is 47.7 Å². The van der Waals surface area contributed by atoms with Crippen molar-refractivity contribution in [1.82, 2.24) is 0 Å².